The number of methoxy groups -OCH3 is 1. The summed E-state index contributed by atoms with van der Waals surface area (Å²) in [6.45, 7) is 1.76. The van der Waals surface area contributed by atoms with Gasteiger partial charge in [-0.2, -0.15) is 0 Å². The first-order valence-electron chi connectivity index (χ1n) is 8.74. The molecule has 0 bridgehead atoms. The van der Waals surface area contributed by atoms with Crippen molar-refractivity contribution in [3.8, 4) is 5.75 Å². The lowest BCUT2D eigenvalue weighted by atomic mass is 10.0. The van der Waals surface area contributed by atoms with Gasteiger partial charge in [0.2, 0.25) is 0 Å². The van der Waals surface area contributed by atoms with Gasteiger partial charge in [-0.1, -0.05) is 28.1 Å². The number of hydrogen-bond acceptors (Lipinski definition) is 4. The number of halogens is 1. The highest BCUT2D eigenvalue weighted by Gasteiger charge is 2.26. The Morgan fingerprint density at radius 1 is 1.19 bits per heavy atom. The van der Waals surface area contributed by atoms with Crippen LogP contribution in [0, 0.1) is 0 Å². The standard InChI is InChI=1S/C21H20BrNO3/c1-25-17-7-4-14(5-8-17)19-3-2-10-23(19)13-15-11-21(24)26-20-12-16(22)6-9-18(15)20/h4-9,11-12,19H,2-3,10,13H2,1H3. The van der Waals surface area contributed by atoms with Gasteiger partial charge < -0.3 is 9.15 Å². The molecule has 3 aromatic rings. The van der Waals surface area contributed by atoms with Crippen LogP contribution in [0.2, 0.25) is 0 Å². The molecule has 4 nitrogen and oxygen atoms in total. The van der Waals surface area contributed by atoms with Crippen molar-refractivity contribution >= 4 is 26.9 Å². The van der Waals surface area contributed by atoms with E-state index in [-0.39, 0.29) is 5.63 Å². The molecular formula is C21H20BrNO3. The fraction of sp³-hybridized carbons (Fsp3) is 0.286. The number of hydrogen-bond donors (Lipinski definition) is 0. The van der Waals surface area contributed by atoms with Crippen LogP contribution in [-0.2, 0) is 6.54 Å². The molecule has 1 atom stereocenters. The smallest absolute Gasteiger partial charge is 0.336 e. The van der Waals surface area contributed by atoms with Gasteiger partial charge in [-0.15, -0.1) is 0 Å². The predicted octanol–water partition coefficient (Wildman–Crippen LogP) is 4.90. The molecule has 5 heteroatoms. The molecular weight excluding hydrogens is 394 g/mol. The van der Waals surface area contributed by atoms with Crippen molar-refractivity contribution in [1.82, 2.24) is 4.90 Å². The van der Waals surface area contributed by atoms with Crippen LogP contribution < -0.4 is 10.4 Å². The van der Waals surface area contributed by atoms with Crippen LogP contribution in [0.25, 0.3) is 11.0 Å². The van der Waals surface area contributed by atoms with Crippen molar-refractivity contribution in [3.05, 3.63) is 74.6 Å². The van der Waals surface area contributed by atoms with Gasteiger partial charge in [0.05, 0.1) is 7.11 Å². The summed E-state index contributed by atoms with van der Waals surface area (Å²) in [6, 6.07) is 16.1. The van der Waals surface area contributed by atoms with E-state index in [1.54, 1.807) is 13.2 Å². The fourth-order valence-electron chi connectivity index (χ4n) is 3.77. The molecule has 0 saturated carbocycles. The SMILES string of the molecule is COc1ccc(C2CCCN2Cc2cc(=O)oc3cc(Br)ccc23)cc1. The van der Waals surface area contributed by atoms with Crippen LogP contribution in [0.4, 0.5) is 0 Å². The van der Waals surface area contributed by atoms with E-state index in [1.165, 1.54) is 5.56 Å². The number of nitrogens with zero attached hydrogens (tertiary/aromatic N) is 1. The largest absolute Gasteiger partial charge is 0.497 e. The molecule has 1 fully saturated rings. The summed E-state index contributed by atoms with van der Waals surface area (Å²) in [4.78, 5) is 14.4. The second-order valence-electron chi connectivity index (χ2n) is 6.63. The third kappa shape index (κ3) is 3.41. The molecule has 2 aromatic carbocycles. The summed E-state index contributed by atoms with van der Waals surface area (Å²) < 4.78 is 11.5. The van der Waals surface area contributed by atoms with Crippen molar-refractivity contribution in [2.45, 2.75) is 25.4 Å². The lowest BCUT2D eigenvalue weighted by Gasteiger charge is -2.25. The maximum Gasteiger partial charge on any atom is 0.336 e. The quantitative estimate of drug-likeness (QED) is 0.570. The minimum atomic E-state index is -0.300. The normalized spacial score (nSPS) is 17.7. The zero-order valence-corrected chi connectivity index (χ0v) is 16.2. The lowest BCUT2D eigenvalue weighted by molar-refractivity contribution is 0.249. The van der Waals surface area contributed by atoms with Crippen LogP contribution in [0.3, 0.4) is 0 Å². The van der Waals surface area contributed by atoms with Gasteiger partial charge in [-0.05, 0) is 60.8 Å². The van der Waals surface area contributed by atoms with E-state index in [9.17, 15) is 4.79 Å². The Hall–Kier alpha value is -2.11. The van der Waals surface area contributed by atoms with E-state index >= 15 is 0 Å². The van der Waals surface area contributed by atoms with Crippen LogP contribution in [0.5, 0.6) is 5.75 Å². The third-order valence-electron chi connectivity index (χ3n) is 5.03. The molecule has 0 radical (unpaired) electrons. The van der Waals surface area contributed by atoms with Crippen molar-refractivity contribution in [1.29, 1.82) is 0 Å². The molecule has 0 spiro atoms. The Bertz CT molecular complexity index is 981. The van der Waals surface area contributed by atoms with Gasteiger partial charge >= 0.3 is 5.63 Å². The molecule has 1 unspecified atom stereocenters. The molecule has 26 heavy (non-hydrogen) atoms. The predicted molar refractivity (Wildman–Crippen MR) is 106 cm³/mol. The average molecular weight is 414 g/mol. The van der Waals surface area contributed by atoms with Crippen molar-refractivity contribution in [2.24, 2.45) is 0 Å². The molecule has 0 N–H and O–H groups in total. The molecule has 0 amide bonds. The highest BCUT2D eigenvalue weighted by molar-refractivity contribution is 9.10. The summed E-state index contributed by atoms with van der Waals surface area (Å²) in [5.74, 6) is 0.871. The van der Waals surface area contributed by atoms with Crippen LogP contribution in [-0.4, -0.2) is 18.6 Å². The van der Waals surface area contributed by atoms with Gasteiger partial charge in [0.25, 0.3) is 0 Å². The zero-order valence-electron chi connectivity index (χ0n) is 14.6. The van der Waals surface area contributed by atoms with Crippen LogP contribution in [0.15, 0.2) is 62.2 Å². The van der Waals surface area contributed by atoms with Crippen molar-refractivity contribution in [2.75, 3.05) is 13.7 Å². The Balaban J connectivity index is 1.65. The van der Waals surface area contributed by atoms with E-state index < -0.39 is 0 Å². The minimum Gasteiger partial charge on any atom is -0.497 e. The van der Waals surface area contributed by atoms with Gasteiger partial charge in [0, 0.05) is 28.5 Å². The van der Waals surface area contributed by atoms with E-state index in [2.05, 4.69) is 33.0 Å². The molecule has 1 saturated heterocycles. The minimum absolute atomic E-state index is 0.300. The maximum absolute atomic E-state index is 12.0. The first kappa shape index (κ1) is 17.3. The third-order valence-corrected chi connectivity index (χ3v) is 5.52. The number of fused-ring (bicyclic) bond motifs is 1. The number of likely N-dealkylation sites (tertiary alicyclic amines) is 1. The molecule has 134 valence electrons. The average Bonchev–Trinajstić information content (AvgIpc) is 3.09. The second kappa shape index (κ2) is 7.25. The Morgan fingerprint density at radius 2 is 2.00 bits per heavy atom. The van der Waals surface area contributed by atoms with E-state index in [1.807, 2.05) is 30.3 Å². The van der Waals surface area contributed by atoms with E-state index in [0.717, 1.165) is 47.1 Å². The molecule has 0 aliphatic carbocycles. The van der Waals surface area contributed by atoms with Crippen LogP contribution in [0.1, 0.15) is 30.0 Å². The van der Waals surface area contributed by atoms with E-state index in [0.29, 0.717) is 11.6 Å². The topological polar surface area (TPSA) is 42.7 Å². The summed E-state index contributed by atoms with van der Waals surface area (Å²) >= 11 is 3.44. The molecule has 1 aromatic heterocycles. The fourth-order valence-corrected chi connectivity index (χ4v) is 4.11. The summed E-state index contributed by atoms with van der Waals surface area (Å²) in [6.07, 6.45) is 2.28. The molecule has 1 aliphatic rings. The maximum atomic E-state index is 12.0. The summed E-state index contributed by atoms with van der Waals surface area (Å²) in [5.41, 5.74) is 2.63. The number of ether oxygens (including phenoxy) is 1. The highest BCUT2D eigenvalue weighted by Crippen LogP contribution is 2.34. The lowest BCUT2D eigenvalue weighted by Crippen LogP contribution is -2.23. The Labute approximate surface area is 160 Å². The van der Waals surface area contributed by atoms with E-state index in [4.69, 9.17) is 9.15 Å². The molecule has 4 rings (SSSR count). The second-order valence-corrected chi connectivity index (χ2v) is 7.55. The molecule has 1 aliphatic heterocycles. The number of rotatable bonds is 4. The van der Waals surface area contributed by atoms with Gasteiger partial charge in [-0.3, -0.25) is 4.90 Å². The molecule has 2 heterocycles. The monoisotopic (exact) mass is 413 g/mol. The first-order valence-corrected chi connectivity index (χ1v) is 9.53. The summed E-state index contributed by atoms with van der Waals surface area (Å²) in [7, 11) is 1.68. The van der Waals surface area contributed by atoms with Gasteiger partial charge in [0.15, 0.2) is 0 Å². The zero-order chi connectivity index (χ0) is 18.1. The Morgan fingerprint density at radius 3 is 2.77 bits per heavy atom. The van der Waals surface area contributed by atoms with Crippen molar-refractivity contribution < 1.29 is 9.15 Å². The Kier molecular flexibility index (Phi) is 4.83. The van der Waals surface area contributed by atoms with Gasteiger partial charge in [0.1, 0.15) is 11.3 Å². The highest BCUT2D eigenvalue weighted by atomic mass is 79.9. The first-order chi connectivity index (χ1) is 12.6. The van der Waals surface area contributed by atoms with Crippen molar-refractivity contribution in [3.63, 3.8) is 0 Å². The summed E-state index contributed by atoms with van der Waals surface area (Å²) in [5, 5.41) is 0.994. The van der Waals surface area contributed by atoms with Gasteiger partial charge in [-0.25, -0.2) is 4.79 Å². The number of benzene rings is 2. The van der Waals surface area contributed by atoms with Crippen LogP contribution >= 0.6 is 15.9 Å².